The molecule has 0 unspecified atom stereocenters. The number of aryl methyl sites for hydroxylation is 1. The molecule has 0 atom stereocenters. The number of benzene rings is 2. The number of piperidine rings is 1. The third-order valence-electron chi connectivity index (χ3n) is 9.53. The average molecular weight is 730 g/mol. The van der Waals surface area contributed by atoms with Crippen LogP contribution in [-0.2, 0) is 22.9 Å². The zero-order valence-electron chi connectivity index (χ0n) is 27.8. The number of sulfonamides is 1. The Bertz CT molecular complexity index is 1710. The van der Waals surface area contributed by atoms with Gasteiger partial charge in [-0.05, 0) is 65.5 Å². The van der Waals surface area contributed by atoms with E-state index >= 15 is 0 Å². The van der Waals surface area contributed by atoms with Gasteiger partial charge in [-0.2, -0.15) is 4.98 Å². The lowest BCUT2D eigenvalue weighted by molar-refractivity contribution is 0.0982. The van der Waals surface area contributed by atoms with Crippen LogP contribution in [0.1, 0.15) is 30.9 Å². The van der Waals surface area contributed by atoms with Crippen LogP contribution >= 0.6 is 15.9 Å². The molecule has 4 heterocycles. The molecule has 254 valence electrons. The van der Waals surface area contributed by atoms with Gasteiger partial charge < -0.3 is 29.9 Å². The number of nitrogens with zero attached hydrogens (tertiary/aromatic N) is 6. The Labute approximate surface area is 286 Å². The van der Waals surface area contributed by atoms with Crippen molar-refractivity contribution < 1.29 is 17.9 Å². The van der Waals surface area contributed by atoms with Crippen molar-refractivity contribution in [3.05, 3.63) is 46.1 Å². The van der Waals surface area contributed by atoms with Crippen LogP contribution in [0.3, 0.4) is 0 Å². The van der Waals surface area contributed by atoms with Crippen LogP contribution in [0.2, 0.25) is 0 Å². The van der Waals surface area contributed by atoms with Crippen molar-refractivity contribution >= 4 is 60.5 Å². The summed E-state index contributed by atoms with van der Waals surface area (Å²) in [6.07, 6.45) is 6.76. The summed E-state index contributed by atoms with van der Waals surface area (Å²) in [5.74, 6) is 2.28. The first-order valence-corrected chi connectivity index (χ1v) is 18.9. The normalized spacial score (nSPS) is 17.7. The van der Waals surface area contributed by atoms with Crippen LogP contribution in [-0.4, -0.2) is 108 Å². The van der Waals surface area contributed by atoms with Crippen molar-refractivity contribution in [2.45, 2.75) is 38.6 Å². The Balaban J connectivity index is 1.22. The van der Waals surface area contributed by atoms with E-state index in [4.69, 9.17) is 14.5 Å². The van der Waals surface area contributed by atoms with Crippen LogP contribution in [0.15, 0.2) is 34.9 Å². The summed E-state index contributed by atoms with van der Waals surface area (Å²) >= 11 is 3.56. The third-order valence-corrected chi connectivity index (χ3v) is 11.3. The number of likely N-dealkylation sites (N-methyl/N-ethyl adjacent to an activating group) is 1. The minimum absolute atomic E-state index is 0.368. The molecule has 0 aliphatic carbocycles. The number of aromatic nitrogens is 2. The summed E-state index contributed by atoms with van der Waals surface area (Å²) in [5.41, 5.74) is 5.24. The van der Waals surface area contributed by atoms with Crippen LogP contribution in [0.5, 0.6) is 11.5 Å². The molecule has 0 bridgehead atoms. The van der Waals surface area contributed by atoms with Gasteiger partial charge in [0, 0.05) is 82.8 Å². The molecule has 12 nitrogen and oxygen atoms in total. The van der Waals surface area contributed by atoms with Gasteiger partial charge in [0.25, 0.3) is 0 Å². The second kappa shape index (κ2) is 14.0. The highest BCUT2D eigenvalue weighted by Gasteiger charge is 2.28. The lowest BCUT2D eigenvalue weighted by atomic mass is 9.99. The fourth-order valence-corrected chi connectivity index (χ4v) is 7.43. The smallest absolute Gasteiger partial charge is 0.232 e. The molecule has 2 N–H and O–H groups in total. The van der Waals surface area contributed by atoms with E-state index in [0.717, 1.165) is 82.0 Å². The zero-order valence-corrected chi connectivity index (χ0v) is 30.2. The van der Waals surface area contributed by atoms with E-state index in [1.165, 1.54) is 28.9 Å². The van der Waals surface area contributed by atoms with Crippen LogP contribution in [0.25, 0.3) is 0 Å². The molecule has 2 saturated heterocycles. The molecule has 1 aromatic heterocycles. The minimum Gasteiger partial charge on any atom is -0.494 e. The summed E-state index contributed by atoms with van der Waals surface area (Å²) < 4.78 is 38.5. The lowest BCUT2D eigenvalue weighted by Gasteiger charge is -2.43. The minimum atomic E-state index is -3.51. The molecule has 3 aliphatic rings. The standard InChI is InChI=1S/C33H45BrN8O4S/c1-6-22-17-27(31(45-4)20-28(22)42-10-7-24(8-11-42)41-14-12-39(2)13-15-41)37-33-35-21-25(34)32(38-33)36-26-19-30-23(9-16-46-30)18-29(26)40(3)47(5,43)44/h17-21,24H,6-16H2,1-5H3,(H2,35,36,37,38). The highest BCUT2D eigenvalue weighted by atomic mass is 79.9. The number of hydrogen-bond acceptors (Lipinski definition) is 11. The quantitative estimate of drug-likeness (QED) is 0.299. The fraction of sp³-hybridized carbons (Fsp3) is 0.515. The maximum Gasteiger partial charge on any atom is 0.232 e. The summed E-state index contributed by atoms with van der Waals surface area (Å²) in [6.45, 7) is 9.39. The number of hydrogen-bond donors (Lipinski definition) is 2. The number of piperazine rings is 1. The molecule has 3 aromatic rings. The Morgan fingerprint density at radius 3 is 2.49 bits per heavy atom. The van der Waals surface area contributed by atoms with E-state index in [-0.39, 0.29) is 0 Å². The van der Waals surface area contributed by atoms with Gasteiger partial charge in [-0.25, -0.2) is 13.4 Å². The van der Waals surface area contributed by atoms with Crippen molar-refractivity contribution in [2.75, 3.05) is 93.2 Å². The predicted molar refractivity (Wildman–Crippen MR) is 192 cm³/mol. The van der Waals surface area contributed by atoms with E-state index < -0.39 is 10.0 Å². The molecule has 2 fully saturated rings. The predicted octanol–water partition coefficient (Wildman–Crippen LogP) is 4.84. The largest absolute Gasteiger partial charge is 0.494 e. The highest BCUT2D eigenvalue weighted by molar-refractivity contribution is 9.10. The molecule has 6 rings (SSSR count). The topological polar surface area (TPSA) is 115 Å². The Kier molecular flexibility index (Phi) is 10.0. The molecular formula is C33H45BrN8O4S. The van der Waals surface area contributed by atoms with Gasteiger partial charge in [0.05, 0.1) is 41.5 Å². The third kappa shape index (κ3) is 7.40. The van der Waals surface area contributed by atoms with Gasteiger partial charge in [0.15, 0.2) is 0 Å². The number of ether oxygens (including phenoxy) is 2. The lowest BCUT2D eigenvalue weighted by Crippen LogP contribution is -2.52. The Morgan fingerprint density at radius 2 is 1.81 bits per heavy atom. The summed E-state index contributed by atoms with van der Waals surface area (Å²) in [6, 6.07) is 8.60. The van der Waals surface area contributed by atoms with Crippen molar-refractivity contribution in [2.24, 2.45) is 0 Å². The van der Waals surface area contributed by atoms with Gasteiger partial charge >= 0.3 is 0 Å². The van der Waals surface area contributed by atoms with Crippen molar-refractivity contribution in [1.82, 2.24) is 19.8 Å². The first-order valence-electron chi connectivity index (χ1n) is 16.2. The monoisotopic (exact) mass is 728 g/mol. The maximum atomic E-state index is 12.5. The molecule has 0 radical (unpaired) electrons. The first kappa shape index (κ1) is 33.6. The SMILES string of the molecule is CCc1cc(Nc2ncc(Br)c(Nc3cc4c(cc3N(C)S(C)(=O)=O)CCO4)n2)c(OC)cc1N1CCC(N2CCN(C)CC2)CC1. The Morgan fingerprint density at radius 1 is 1.06 bits per heavy atom. The van der Waals surface area contributed by atoms with Gasteiger partial charge in [-0.3, -0.25) is 9.21 Å². The van der Waals surface area contributed by atoms with Crippen LogP contribution < -0.4 is 29.3 Å². The second-order valence-electron chi connectivity index (χ2n) is 12.5. The Hall–Kier alpha value is -3.33. The van der Waals surface area contributed by atoms with Crippen LogP contribution in [0.4, 0.5) is 34.5 Å². The first-order chi connectivity index (χ1) is 22.5. The molecule has 14 heteroatoms. The highest BCUT2D eigenvalue weighted by Crippen LogP contribution is 2.40. The molecular weight excluding hydrogens is 684 g/mol. The van der Waals surface area contributed by atoms with Gasteiger partial charge in [-0.15, -0.1) is 0 Å². The summed E-state index contributed by atoms with van der Waals surface area (Å²) in [7, 11) is 1.92. The molecule has 47 heavy (non-hydrogen) atoms. The van der Waals surface area contributed by atoms with Gasteiger partial charge in [0.1, 0.15) is 17.3 Å². The molecule has 2 aromatic carbocycles. The van der Waals surface area contributed by atoms with Crippen LogP contribution in [0, 0.1) is 0 Å². The number of halogens is 1. The van der Waals surface area contributed by atoms with E-state index in [9.17, 15) is 8.42 Å². The van der Waals surface area contributed by atoms with E-state index in [0.29, 0.717) is 46.0 Å². The van der Waals surface area contributed by atoms with Gasteiger partial charge in [-0.1, -0.05) is 6.92 Å². The number of fused-ring (bicyclic) bond motifs is 1. The van der Waals surface area contributed by atoms with E-state index in [2.05, 4.69) is 72.4 Å². The van der Waals surface area contributed by atoms with Crippen molar-refractivity contribution in [3.63, 3.8) is 0 Å². The van der Waals surface area contributed by atoms with Crippen molar-refractivity contribution in [1.29, 1.82) is 0 Å². The number of rotatable bonds is 10. The fourth-order valence-electron chi connectivity index (χ4n) is 6.63. The molecule has 0 saturated carbocycles. The number of methoxy groups -OCH3 is 1. The van der Waals surface area contributed by atoms with E-state index in [1.54, 1.807) is 13.3 Å². The molecule has 0 spiro atoms. The summed E-state index contributed by atoms with van der Waals surface area (Å²) in [5, 5.41) is 6.68. The summed E-state index contributed by atoms with van der Waals surface area (Å²) in [4.78, 5) is 16.9. The second-order valence-corrected chi connectivity index (χ2v) is 15.4. The number of nitrogens with one attached hydrogen (secondary N) is 2. The van der Waals surface area contributed by atoms with Gasteiger partial charge in [0.2, 0.25) is 16.0 Å². The molecule has 3 aliphatic heterocycles. The number of anilines is 6. The van der Waals surface area contributed by atoms with Crippen molar-refractivity contribution in [3.8, 4) is 11.5 Å². The van der Waals surface area contributed by atoms with E-state index in [1.807, 2.05) is 12.1 Å². The maximum absolute atomic E-state index is 12.5. The average Bonchev–Trinajstić information content (AvgIpc) is 3.53. The zero-order chi connectivity index (χ0) is 33.3. The molecule has 0 amide bonds.